The van der Waals surface area contributed by atoms with Crippen LogP contribution in [0.15, 0.2) is 53.7 Å². The summed E-state index contributed by atoms with van der Waals surface area (Å²) in [6, 6.07) is 14.1. The molecule has 0 saturated heterocycles. The van der Waals surface area contributed by atoms with Crippen molar-refractivity contribution in [2.45, 2.75) is 23.9 Å². The van der Waals surface area contributed by atoms with E-state index in [4.69, 9.17) is 27.9 Å². The van der Waals surface area contributed by atoms with Crippen LogP contribution in [0.2, 0.25) is 10.0 Å². The summed E-state index contributed by atoms with van der Waals surface area (Å²) >= 11 is 13.3. The van der Waals surface area contributed by atoms with E-state index >= 15 is 0 Å². The Balaban J connectivity index is 1.65. The van der Waals surface area contributed by atoms with E-state index < -0.39 is 0 Å². The monoisotopic (exact) mass is 421 g/mol. The van der Waals surface area contributed by atoms with Crippen molar-refractivity contribution in [3.05, 3.63) is 70.0 Å². The standard InChI is InChI=1S/C19H17Cl2N3O2S/c1-12(18(25)13-7-9-14(20)10-8-13)27-19-23-22-17(24(19)2)11-26-16-6-4-3-5-15(16)21/h3-10,12H,11H2,1-2H3. The molecule has 8 heteroatoms. The molecule has 0 N–H and O–H groups in total. The number of hydrogen-bond donors (Lipinski definition) is 0. The maximum absolute atomic E-state index is 12.6. The summed E-state index contributed by atoms with van der Waals surface area (Å²) < 4.78 is 7.52. The summed E-state index contributed by atoms with van der Waals surface area (Å²) in [6.07, 6.45) is 0. The second kappa shape index (κ2) is 8.78. The molecule has 1 unspecified atom stereocenters. The number of Topliss-reactive ketones (excluding diaryl/α,β-unsaturated/α-hetero) is 1. The Hall–Kier alpha value is -2.02. The van der Waals surface area contributed by atoms with Crippen LogP contribution >= 0.6 is 35.0 Å². The fourth-order valence-corrected chi connectivity index (χ4v) is 3.57. The first kappa shape index (κ1) is 19.7. The molecular weight excluding hydrogens is 405 g/mol. The van der Waals surface area contributed by atoms with E-state index in [0.717, 1.165) is 0 Å². The lowest BCUT2D eigenvalue weighted by molar-refractivity contribution is 0.0994. The van der Waals surface area contributed by atoms with Gasteiger partial charge in [0.1, 0.15) is 12.4 Å². The van der Waals surface area contributed by atoms with Crippen LogP contribution in [0.25, 0.3) is 0 Å². The first-order valence-electron chi connectivity index (χ1n) is 8.17. The van der Waals surface area contributed by atoms with Crippen molar-refractivity contribution >= 4 is 40.7 Å². The van der Waals surface area contributed by atoms with Gasteiger partial charge in [0.15, 0.2) is 16.8 Å². The molecule has 1 atom stereocenters. The number of halogens is 2. The van der Waals surface area contributed by atoms with Crippen LogP contribution in [0.3, 0.4) is 0 Å². The molecule has 0 aliphatic rings. The number of hydrogen-bond acceptors (Lipinski definition) is 5. The highest BCUT2D eigenvalue weighted by molar-refractivity contribution is 8.00. The molecular formula is C19H17Cl2N3O2S. The Labute approximate surface area is 171 Å². The number of ether oxygens (including phenoxy) is 1. The third-order valence-electron chi connectivity index (χ3n) is 3.90. The first-order chi connectivity index (χ1) is 13.0. The summed E-state index contributed by atoms with van der Waals surface area (Å²) in [6.45, 7) is 2.07. The van der Waals surface area contributed by atoms with Gasteiger partial charge in [-0.05, 0) is 43.3 Å². The lowest BCUT2D eigenvalue weighted by Gasteiger charge is -2.11. The molecule has 3 rings (SSSR count). The molecule has 3 aromatic rings. The van der Waals surface area contributed by atoms with Crippen molar-refractivity contribution < 1.29 is 9.53 Å². The molecule has 2 aromatic carbocycles. The molecule has 1 heterocycles. The zero-order valence-electron chi connectivity index (χ0n) is 14.7. The van der Waals surface area contributed by atoms with E-state index in [1.165, 1.54) is 11.8 Å². The third kappa shape index (κ3) is 4.83. The molecule has 140 valence electrons. The average Bonchev–Trinajstić information content (AvgIpc) is 3.01. The predicted octanol–water partition coefficient (Wildman–Crippen LogP) is 5.06. The zero-order valence-corrected chi connectivity index (χ0v) is 17.1. The minimum atomic E-state index is -0.314. The number of thioether (sulfide) groups is 1. The lowest BCUT2D eigenvalue weighted by atomic mass is 10.1. The summed E-state index contributed by atoms with van der Waals surface area (Å²) in [5.41, 5.74) is 0.615. The van der Waals surface area contributed by atoms with Gasteiger partial charge in [0, 0.05) is 17.6 Å². The molecule has 0 fully saturated rings. The summed E-state index contributed by atoms with van der Waals surface area (Å²) in [5.74, 6) is 1.24. The van der Waals surface area contributed by atoms with Gasteiger partial charge in [0.2, 0.25) is 0 Å². The predicted molar refractivity (Wildman–Crippen MR) is 108 cm³/mol. The number of aromatic nitrogens is 3. The molecule has 0 saturated carbocycles. The Morgan fingerprint density at radius 2 is 1.85 bits per heavy atom. The SMILES string of the molecule is CC(Sc1nnc(COc2ccccc2Cl)n1C)C(=O)c1ccc(Cl)cc1. The summed E-state index contributed by atoms with van der Waals surface area (Å²) in [4.78, 5) is 12.6. The number of ketones is 1. The van der Waals surface area contributed by atoms with Crippen molar-refractivity contribution in [3.8, 4) is 5.75 Å². The largest absolute Gasteiger partial charge is 0.484 e. The van der Waals surface area contributed by atoms with Crippen molar-refractivity contribution in [3.63, 3.8) is 0 Å². The van der Waals surface area contributed by atoms with Gasteiger partial charge in [-0.1, -0.05) is 47.1 Å². The Kier molecular flexibility index (Phi) is 6.42. The van der Waals surface area contributed by atoms with E-state index in [9.17, 15) is 4.79 Å². The van der Waals surface area contributed by atoms with Gasteiger partial charge >= 0.3 is 0 Å². The van der Waals surface area contributed by atoms with Crippen LogP contribution in [0, 0.1) is 0 Å². The lowest BCUT2D eigenvalue weighted by Crippen LogP contribution is -2.14. The normalized spacial score (nSPS) is 12.0. The topological polar surface area (TPSA) is 57.0 Å². The van der Waals surface area contributed by atoms with Crippen molar-refractivity contribution in [2.24, 2.45) is 7.05 Å². The molecule has 0 spiro atoms. The van der Waals surface area contributed by atoms with Gasteiger partial charge in [-0.25, -0.2) is 0 Å². The van der Waals surface area contributed by atoms with Crippen molar-refractivity contribution in [1.29, 1.82) is 0 Å². The zero-order chi connectivity index (χ0) is 19.4. The van der Waals surface area contributed by atoms with Crippen LogP contribution in [0.1, 0.15) is 23.1 Å². The third-order valence-corrected chi connectivity index (χ3v) is 5.60. The summed E-state index contributed by atoms with van der Waals surface area (Å²) in [5, 5.41) is 9.79. The highest BCUT2D eigenvalue weighted by Gasteiger charge is 2.20. The van der Waals surface area contributed by atoms with Crippen LogP contribution in [-0.4, -0.2) is 25.8 Å². The molecule has 1 aromatic heterocycles. The minimum absolute atomic E-state index is 0.00790. The highest BCUT2D eigenvalue weighted by atomic mass is 35.5. The fraction of sp³-hybridized carbons (Fsp3) is 0.211. The van der Waals surface area contributed by atoms with E-state index in [-0.39, 0.29) is 17.6 Å². The van der Waals surface area contributed by atoms with E-state index in [1.807, 2.05) is 30.7 Å². The van der Waals surface area contributed by atoms with Crippen LogP contribution in [0.4, 0.5) is 0 Å². The second-order valence-corrected chi connectivity index (χ2v) is 7.96. The highest BCUT2D eigenvalue weighted by Crippen LogP contribution is 2.26. The molecule has 27 heavy (non-hydrogen) atoms. The van der Waals surface area contributed by atoms with Gasteiger partial charge < -0.3 is 9.30 Å². The second-order valence-electron chi connectivity index (χ2n) is 5.81. The first-order valence-corrected chi connectivity index (χ1v) is 9.81. The van der Waals surface area contributed by atoms with E-state index in [1.54, 1.807) is 36.4 Å². The Morgan fingerprint density at radius 3 is 2.56 bits per heavy atom. The quantitative estimate of drug-likeness (QED) is 0.393. The van der Waals surface area contributed by atoms with Crippen molar-refractivity contribution in [1.82, 2.24) is 14.8 Å². The van der Waals surface area contributed by atoms with Crippen LogP contribution in [0.5, 0.6) is 5.75 Å². The number of nitrogens with zero attached hydrogens (tertiary/aromatic N) is 3. The Morgan fingerprint density at radius 1 is 1.15 bits per heavy atom. The molecule has 0 aliphatic heterocycles. The maximum Gasteiger partial charge on any atom is 0.191 e. The van der Waals surface area contributed by atoms with Gasteiger partial charge in [0.05, 0.1) is 10.3 Å². The average molecular weight is 422 g/mol. The summed E-state index contributed by atoms with van der Waals surface area (Å²) in [7, 11) is 1.84. The van der Waals surface area contributed by atoms with Gasteiger partial charge in [0.25, 0.3) is 0 Å². The molecule has 0 aliphatic carbocycles. The van der Waals surface area contributed by atoms with Crippen LogP contribution in [-0.2, 0) is 13.7 Å². The van der Waals surface area contributed by atoms with Gasteiger partial charge in [-0.2, -0.15) is 0 Å². The molecule has 5 nitrogen and oxygen atoms in total. The van der Waals surface area contributed by atoms with Crippen LogP contribution < -0.4 is 4.74 Å². The molecule has 0 amide bonds. The number of carbonyl (C=O) groups excluding carboxylic acids is 1. The van der Waals surface area contributed by atoms with Gasteiger partial charge in [-0.15, -0.1) is 10.2 Å². The van der Waals surface area contributed by atoms with Crippen molar-refractivity contribution in [2.75, 3.05) is 0 Å². The number of rotatable bonds is 7. The molecule has 0 radical (unpaired) electrons. The Bertz CT molecular complexity index is 944. The number of benzene rings is 2. The minimum Gasteiger partial charge on any atom is -0.484 e. The number of carbonyl (C=O) groups is 1. The fourth-order valence-electron chi connectivity index (χ4n) is 2.34. The van der Waals surface area contributed by atoms with E-state index in [2.05, 4.69) is 10.2 Å². The van der Waals surface area contributed by atoms with E-state index in [0.29, 0.717) is 32.3 Å². The maximum atomic E-state index is 12.6. The molecule has 0 bridgehead atoms. The smallest absolute Gasteiger partial charge is 0.191 e. The number of para-hydroxylation sites is 1. The van der Waals surface area contributed by atoms with Gasteiger partial charge in [-0.3, -0.25) is 4.79 Å².